The maximum atomic E-state index is 8.84. The van der Waals surface area contributed by atoms with Gasteiger partial charge in [0, 0.05) is 19.1 Å². The number of rotatable bonds is 3. The van der Waals surface area contributed by atoms with Crippen LogP contribution in [0.15, 0.2) is 4.52 Å². The fourth-order valence-electron chi connectivity index (χ4n) is 1.59. The summed E-state index contributed by atoms with van der Waals surface area (Å²) in [5.41, 5.74) is 5.58. The molecule has 1 aliphatic rings. The summed E-state index contributed by atoms with van der Waals surface area (Å²) in [6.45, 7) is 1.29. The van der Waals surface area contributed by atoms with Crippen LogP contribution >= 0.6 is 0 Å². The number of hydrogen-bond acceptors (Lipinski definition) is 6. The van der Waals surface area contributed by atoms with Gasteiger partial charge in [-0.3, -0.25) is 0 Å². The van der Waals surface area contributed by atoms with E-state index in [9.17, 15) is 0 Å². The van der Waals surface area contributed by atoms with Crippen LogP contribution in [0.5, 0.6) is 0 Å². The van der Waals surface area contributed by atoms with Crippen molar-refractivity contribution in [3.05, 3.63) is 11.7 Å². The second-order valence-electron chi connectivity index (χ2n) is 3.67. The van der Waals surface area contributed by atoms with Gasteiger partial charge in [-0.1, -0.05) is 5.16 Å². The summed E-state index contributed by atoms with van der Waals surface area (Å²) < 4.78 is 10.4. The second kappa shape index (κ2) is 4.69. The van der Waals surface area contributed by atoms with Crippen LogP contribution in [0.3, 0.4) is 0 Å². The number of aliphatic hydroxyl groups excluding tert-OH is 1. The van der Waals surface area contributed by atoms with Gasteiger partial charge in [0.25, 0.3) is 0 Å². The summed E-state index contributed by atoms with van der Waals surface area (Å²) in [4.78, 5) is 4.19. The van der Waals surface area contributed by atoms with E-state index in [2.05, 4.69) is 10.1 Å². The summed E-state index contributed by atoms with van der Waals surface area (Å²) >= 11 is 0. The van der Waals surface area contributed by atoms with Gasteiger partial charge in [0.05, 0.1) is 12.6 Å². The fraction of sp³-hybridized carbons (Fsp3) is 0.778. The zero-order chi connectivity index (χ0) is 10.7. The molecule has 1 saturated heterocycles. The van der Waals surface area contributed by atoms with E-state index in [1.54, 1.807) is 0 Å². The molecular formula is C9H15N3O3. The van der Waals surface area contributed by atoms with Crippen LogP contribution in [-0.4, -0.2) is 35.1 Å². The van der Waals surface area contributed by atoms with E-state index in [1.165, 1.54) is 0 Å². The number of hydrogen-bond donors (Lipinski definition) is 2. The molecule has 2 rings (SSSR count). The zero-order valence-electron chi connectivity index (χ0n) is 8.43. The van der Waals surface area contributed by atoms with Gasteiger partial charge in [0.2, 0.25) is 5.89 Å². The molecule has 0 radical (unpaired) electrons. The standard InChI is InChI=1S/C9H15N3O3/c10-7(5-13)8-11-9(15-12-8)6-1-3-14-4-2-6/h6-7,13H,1-5,10H2. The first-order valence-corrected chi connectivity index (χ1v) is 5.09. The minimum absolute atomic E-state index is 0.174. The zero-order valence-corrected chi connectivity index (χ0v) is 8.43. The van der Waals surface area contributed by atoms with Crippen molar-refractivity contribution < 1.29 is 14.4 Å². The normalized spacial score (nSPS) is 20.4. The lowest BCUT2D eigenvalue weighted by Gasteiger charge is -2.17. The van der Waals surface area contributed by atoms with E-state index < -0.39 is 6.04 Å². The Morgan fingerprint density at radius 3 is 2.87 bits per heavy atom. The van der Waals surface area contributed by atoms with Gasteiger partial charge in [0.1, 0.15) is 0 Å². The molecule has 6 heteroatoms. The molecule has 1 aromatic heterocycles. The Hall–Kier alpha value is -0.980. The van der Waals surface area contributed by atoms with Gasteiger partial charge >= 0.3 is 0 Å². The lowest BCUT2D eigenvalue weighted by Crippen LogP contribution is -2.17. The molecule has 15 heavy (non-hydrogen) atoms. The molecule has 0 aliphatic carbocycles. The average molecular weight is 213 g/mol. The molecule has 2 heterocycles. The first kappa shape index (κ1) is 10.5. The Kier molecular flexibility index (Phi) is 3.30. The number of aromatic nitrogens is 2. The Labute approximate surface area is 87.4 Å². The van der Waals surface area contributed by atoms with E-state index >= 15 is 0 Å². The van der Waals surface area contributed by atoms with Gasteiger partial charge in [0.15, 0.2) is 5.82 Å². The Morgan fingerprint density at radius 1 is 1.47 bits per heavy atom. The second-order valence-corrected chi connectivity index (χ2v) is 3.67. The number of nitrogens with two attached hydrogens (primary N) is 1. The molecule has 84 valence electrons. The highest BCUT2D eigenvalue weighted by Gasteiger charge is 2.23. The van der Waals surface area contributed by atoms with Crippen LogP contribution in [0.4, 0.5) is 0 Å². The van der Waals surface area contributed by atoms with Crippen molar-refractivity contribution in [3.63, 3.8) is 0 Å². The summed E-state index contributed by atoms with van der Waals surface area (Å²) in [6, 6.07) is -0.553. The highest BCUT2D eigenvalue weighted by molar-refractivity contribution is 4.98. The van der Waals surface area contributed by atoms with Gasteiger partial charge in [-0.05, 0) is 12.8 Å². The lowest BCUT2D eigenvalue weighted by molar-refractivity contribution is 0.0778. The first-order valence-electron chi connectivity index (χ1n) is 5.09. The van der Waals surface area contributed by atoms with E-state index in [-0.39, 0.29) is 12.5 Å². The third-order valence-corrected chi connectivity index (χ3v) is 2.56. The molecule has 1 aliphatic heterocycles. The van der Waals surface area contributed by atoms with Gasteiger partial charge < -0.3 is 20.1 Å². The molecule has 1 atom stereocenters. The Bertz CT molecular complexity index is 309. The fourth-order valence-corrected chi connectivity index (χ4v) is 1.59. The minimum Gasteiger partial charge on any atom is -0.394 e. The van der Waals surface area contributed by atoms with E-state index in [4.69, 9.17) is 20.1 Å². The summed E-state index contributed by atoms with van der Waals surface area (Å²) in [7, 11) is 0. The van der Waals surface area contributed by atoms with Crippen molar-refractivity contribution in [1.29, 1.82) is 0 Å². The van der Waals surface area contributed by atoms with Crippen molar-refractivity contribution in [1.82, 2.24) is 10.1 Å². The van der Waals surface area contributed by atoms with Crippen molar-refractivity contribution >= 4 is 0 Å². The van der Waals surface area contributed by atoms with Crippen LogP contribution < -0.4 is 5.73 Å². The van der Waals surface area contributed by atoms with Crippen LogP contribution in [0.2, 0.25) is 0 Å². The quantitative estimate of drug-likeness (QED) is 0.731. The molecule has 0 amide bonds. The topological polar surface area (TPSA) is 94.4 Å². The molecule has 1 aromatic rings. The average Bonchev–Trinajstić information content (AvgIpc) is 2.78. The highest BCUT2D eigenvalue weighted by Crippen LogP contribution is 2.25. The first-order chi connectivity index (χ1) is 7.31. The van der Waals surface area contributed by atoms with Gasteiger partial charge in [-0.15, -0.1) is 0 Å². The molecule has 0 spiro atoms. The molecule has 3 N–H and O–H groups in total. The van der Waals surface area contributed by atoms with Crippen molar-refractivity contribution in [2.45, 2.75) is 24.8 Å². The highest BCUT2D eigenvalue weighted by atomic mass is 16.5. The van der Waals surface area contributed by atoms with Crippen molar-refractivity contribution in [2.75, 3.05) is 19.8 Å². The van der Waals surface area contributed by atoms with E-state index in [0.717, 1.165) is 26.1 Å². The molecule has 0 bridgehead atoms. The van der Waals surface area contributed by atoms with E-state index in [0.29, 0.717) is 11.7 Å². The SMILES string of the molecule is NC(CO)c1noc(C2CCOCC2)n1. The van der Waals surface area contributed by atoms with Crippen LogP contribution in [0, 0.1) is 0 Å². The third kappa shape index (κ3) is 2.34. The maximum absolute atomic E-state index is 8.84. The van der Waals surface area contributed by atoms with Crippen LogP contribution in [-0.2, 0) is 4.74 Å². The molecular weight excluding hydrogens is 198 g/mol. The van der Waals surface area contributed by atoms with E-state index in [1.807, 2.05) is 0 Å². The number of ether oxygens (including phenoxy) is 1. The predicted molar refractivity (Wildman–Crippen MR) is 51.1 cm³/mol. The lowest BCUT2D eigenvalue weighted by atomic mass is 10.0. The van der Waals surface area contributed by atoms with Crippen molar-refractivity contribution in [2.24, 2.45) is 5.73 Å². The minimum atomic E-state index is -0.553. The van der Waals surface area contributed by atoms with Gasteiger partial charge in [-0.2, -0.15) is 4.98 Å². The molecule has 1 fully saturated rings. The Balaban J connectivity index is 2.05. The smallest absolute Gasteiger partial charge is 0.229 e. The largest absolute Gasteiger partial charge is 0.394 e. The predicted octanol–water partition coefficient (Wildman–Crippen LogP) is -0.0443. The summed E-state index contributed by atoms with van der Waals surface area (Å²) in [5.74, 6) is 1.25. The Morgan fingerprint density at radius 2 is 2.20 bits per heavy atom. The monoisotopic (exact) mass is 213 g/mol. The maximum Gasteiger partial charge on any atom is 0.229 e. The summed E-state index contributed by atoms with van der Waals surface area (Å²) in [6.07, 6.45) is 1.80. The van der Waals surface area contributed by atoms with Crippen LogP contribution in [0.1, 0.15) is 36.5 Å². The third-order valence-electron chi connectivity index (χ3n) is 2.56. The number of nitrogens with zero attached hydrogens (tertiary/aromatic N) is 2. The molecule has 0 saturated carbocycles. The summed E-state index contributed by atoms with van der Waals surface area (Å²) in [5, 5.41) is 12.6. The molecule has 0 aromatic carbocycles. The number of aliphatic hydroxyl groups is 1. The van der Waals surface area contributed by atoms with Crippen LogP contribution in [0.25, 0.3) is 0 Å². The molecule has 6 nitrogen and oxygen atoms in total. The van der Waals surface area contributed by atoms with Crippen molar-refractivity contribution in [3.8, 4) is 0 Å². The van der Waals surface area contributed by atoms with Gasteiger partial charge in [-0.25, -0.2) is 0 Å². The molecule has 1 unspecified atom stereocenters.